The Labute approximate surface area is 154 Å². The smallest absolute Gasteiger partial charge is 0.252 e. The number of hydrogen-bond donors (Lipinski definition) is 3. The van der Waals surface area contributed by atoms with Crippen molar-refractivity contribution < 1.29 is 8.78 Å². The predicted molar refractivity (Wildman–Crippen MR) is 97.6 cm³/mol. The lowest BCUT2D eigenvalue weighted by molar-refractivity contribution is -0.0793. The van der Waals surface area contributed by atoms with Crippen LogP contribution in [-0.4, -0.2) is 43.2 Å². The molecule has 3 aromatic heterocycles. The predicted octanol–water partition coefficient (Wildman–Crippen LogP) is 2.08. The molecular formula is C17H20F2N8. The second kappa shape index (κ2) is 6.69. The Hall–Kier alpha value is -2.88. The normalized spacial score (nSPS) is 17.5. The summed E-state index contributed by atoms with van der Waals surface area (Å²) in [5, 5.41) is 11.1. The van der Waals surface area contributed by atoms with Crippen molar-refractivity contribution in [3.63, 3.8) is 0 Å². The number of anilines is 2. The van der Waals surface area contributed by atoms with Crippen LogP contribution in [0.1, 0.15) is 24.4 Å². The summed E-state index contributed by atoms with van der Waals surface area (Å²) < 4.78 is 27.9. The molecule has 0 aromatic carbocycles. The number of hydrogen-bond acceptors (Lipinski definition) is 7. The Morgan fingerprint density at radius 1 is 1.30 bits per heavy atom. The van der Waals surface area contributed by atoms with Crippen LogP contribution in [0.25, 0.3) is 11.0 Å². The first-order valence-electron chi connectivity index (χ1n) is 8.65. The van der Waals surface area contributed by atoms with Crippen molar-refractivity contribution in [1.82, 2.24) is 24.7 Å². The SMILES string of the molecule is Cn1ncc2c(NC3CC(F)(F)C3)nc(NCC(N)c3ccncc3)nc21. The van der Waals surface area contributed by atoms with Gasteiger partial charge in [-0.2, -0.15) is 15.1 Å². The molecule has 142 valence electrons. The van der Waals surface area contributed by atoms with E-state index in [-0.39, 0.29) is 24.9 Å². The molecule has 0 aliphatic heterocycles. The summed E-state index contributed by atoms with van der Waals surface area (Å²) in [7, 11) is 1.77. The van der Waals surface area contributed by atoms with Gasteiger partial charge in [0.15, 0.2) is 5.65 Å². The minimum Gasteiger partial charge on any atom is -0.366 e. The van der Waals surface area contributed by atoms with Crippen LogP contribution in [0.5, 0.6) is 0 Å². The van der Waals surface area contributed by atoms with Crippen molar-refractivity contribution in [3.05, 3.63) is 36.3 Å². The Bertz CT molecular complexity index is 935. The minimum atomic E-state index is -2.60. The molecule has 0 amide bonds. The number of fused-ring (bicyclic) bond motifs is 1. The standard InChI is InChI=1S/C17H20F2N8/c1-27-15-12(8-23-27)14(24-11-6-17(18,19)7-11)25-16(26-15)22-9-13(20)10-2-4-21-5-3-10/h2-5,8,11,13H,6-7,9,20H2,1H3,(H2,22,24,25,26). The van der Waals surface area contributed by atoms with Gasteiger partial charge >= 0.3 is 0 Å². The molecule has 10 heteroatoms. The highest BCUT2D eigenvalue weighted by Gasteiger charge is 2.45. The van der Waals surface area contributed by atoms with Gasteiger partial charge in [-0.1, -0.05) is 0 Å². The highest BCUT2D eigenvalue weighted by atomic mass is 19.3. The van der Waals surface area contributed by atoms with Gasteiger partial charge in [0.25, 0.3) is 5.92 Å². The monoisotopic (exact) mass is 374 g/mol. The summed E-state index contributed by atoms with van der Waals surface area (Å²) in [6.45, 7) is 0.411. The van der Waals surface area contributed by atoms with E-state index in [0.29, 0.717) is 29.3 Å². The molecule has 4 N–H and O–H groups in total. The number of nitrogens with zero attached hydrogens (tertiary/aromatic N) is 5. The third-order valence-electron chi connectivity index (χ3n) is 4.64. The number of nitrogens with one attached hydrogen (secondary N) is 2. The molecule has 3 aromatic rings. The molecule has 1 fully saturated rings. The van der Waals surface area contributed by atoms with E-state index in [1.165, 1.54) is 0 Å². The van der Waals surface area contributed by atoms with Gasteiger partial charge in [-0.05, 0) is 17.7 Å². The van der Waals surface area contributed by atoms with Crippen LogP contribution in [-0.2, 0) is 7.05 Å². The van der Waals surface area contributed by atoms with E-state index >= 15 is 0 Å². The molecular weight excluding hydrogens is 354 g/mol. The fourth-order valence-corrected chi connectivity index (χ4v) is 3.10. The van der Waals surface area contributed by atoms with Gasteiger partial charge in [-0.3, -0.25) is 9.67 Å². The first kappa shape index (κ1) is 17.5. The molecule has 27 heavy (non-hydrogen) atoms. The minimum absolute atomic E-state index is 0.200. The average Bonchev–Trinajstić information content (AvgIpc) is 3.00. The second-order valence-electron chi connectivity index (χ2n) is 6.77. The number of aryl methyl sites for hydroxylation is 1. The maximum absolute atomic E-state index is 13.1. The van der Waals surface area contributed by atoms with Gasteiger partial charge in [0.2, 0.25) is 5.95 Å². The van der Waals surface area contributed by atoms with Crippen molar-refractivity contribution in [2.24, 2.45) is 12.8 Å². The van der Waals surface area contributed by atoms with E-state index in [9.17, 15) is 8.78 Å². The zero-order chi connectivity index (χ0) is 19.0. The zero-order valence-electron chi connectivity index (χ0n) is 14.7. The van der Waals surface area contributed by atoms with Crippen LogP contribution in [0.4, 0.5) is 20.5 Å². The van der Waals surface area contributed by atoms with Gasteiger partial charge in [0.1, 0.15) is 5.82 Å². The van der Waals surface area contributed by atoms with Gasteiger partial charge in [-0.25, -0.2) is 8.78 Å². The van der Waals surface area contributed by atoms with E-state index in [2.05, 4.69) is 30.7 Å². The average molecular weight is 374 g/mol. The van der Waals surface area contributed by atoms with Crippen LogP contribution in [0.15, 0.2) is 30.7 Å². The van der Waals surface area contributed by atoms with Crippen LogP contribution in [0, 0.1) is 0 Å². The summed E-state index contributed by atoms with van der Waals surface area (Å²) in [5.74, 6) is -1.74. The number of pyridine rings is 1. The van der Waals surface area contributed by atoms with Crippen LogP contribution >= 0.6 is 0 Å². The maximum atomic E-state index is 13.1. The third kappa shape index (κ3) is 3.65. The lowest BCUT2D eigenvalue weighted by Gasteiger charge is -2.35. The molecule has 4 rings (SSSR count). The zero-order valence-corrected chi connectivity index (χ0v) is 14.7. The maximum Gasteiger partial charge on any atom is 0.252 e. The Balaban J connectivity index is 1.53. The van der Waals surface area contributed by atoms with Gasteiger partial charge in [0.05, 0.1) is 11.6 Å². The highest BCUT2D eigenvalue weighted by molar-refractivity contribution is 5.87. The fraction of sp³-hybridized carbons (Fsp3) is 0.412. The summed E-state index contributed by atoms with van der Waals surface area (Å²) in [6.07, 6.45) is 4.59. The number of aromatic nitrogens is 5. The fourth-order valence-electron chi connectivity index (χ4n) is 3.10. The Kier molecular flexibility index (Phi) is 4.34. The quantitative estimate of drug-likeness (QED) is 0.606. The van der Waals surface area contributed by atoms with Crippen LogP contribution in [0.2, 0.25) is 0 Å². The molecule has 0 bridgehead atoms. The molecule has 3 heterocycles. The van der Waals surface area contributed by atoms with Crippen molar-refractivity contribution in [1.29, 1.82) is 0 Å². The molecule has 1 unspecified atom stereocenters. The highest BCUT2D eigenvalue weighted by Crippen LogP contribution is 2.39. The number of nitrogens with two attached hydrogens (primary N) is 1. The van der Waals surface area contributed by atoms with Crippen molar-refractivity contribution in [2.45, 2.75) is 30.8 Å². The molecule has 0 radical (unpaired) electrons. The second-order valence-corrected chi connectivity index (χ2v) is 6.77. The molecule has 1 aliphatic rings. The Morgan fingerprint density at radius 3 is 2.74 bits per heavy atom. The summed E-state index contributed by atoms with van der Waals surface area (Å²) in [5.41, 5.74) is 7.73. The first-order chi connectivity index (χ1) is 12.9. The van der Waals surface area contributed by atoms with Crippen LogP contribution < -0.4 is 16.4 Å². The van der Waals surface area contributed by atoms with Gasteiger partial charge in [0, 0.05) is 50.9 Å². The molecule has 0 saturated heterocycles. The Morgan fingerprint density at radius 2 is 2.04 bits per heavy atom. The lowest BCUT2D eigenvalue weighted by atomic mass is 9.88. The number of alkyl halides is 2. The molecule has 1 aliphatic carbocycles. The molecule has 1 saturated carbocycles. The van der Waals surface area contributed by atoms with E-state index in [1.54, 1.807) is 30.3 Å². The van der Waals surface area contributed by atoms with Crippen molar-refractivity contribution in [2.75, 3.05) is 17.2 Å². The van der Waals surface area contributed by atoms with Gasteiger partial charge in [-0.15, -0.1) is 0 Å². The lowest BCUT2D eigenvalue weighted by Crippen LogP contribution is -2.44. The first-order valence-corrected chi connectivity index (χ1v) is 8.65. The largest absolute Gasteiger partial charge is 0.366 e. The summed E-state index contributed by atoms with van der Waals surface area (Å²) in [4.78, 5) is 12.9. The van der Waals surface area contributed by atoms with E-state index in [0.717, 1.165) is 5.56 Å². The van der Waals surface area contributed by atoms with Crippen molar-refractivity contribution in [3.8, 4) is 0 Å². The van der Waals surface area contributed by atoms with Crippen LogP contribution in [0.3, 0.4) is 0 Å². The summed E-state index contributed by atoms with van der Waals surface area (Å²) >= 11 is 0. The van der Waals surface area contributed by atoms with Gasteiger partial charge < -0.3 is 16.4 Å². The van der Waals surface area contributed by atoms with Crippen molar-refractivity contribution >= 4 is 22.8 Å². The molecule has 0 spiro atoms. The number of halogens is 2. The van der Waals surface area contributed by atoms with E-state index in [4.69, 9.17) is 5.73 Å². The third-order valence-corrected chi connectivity index (χ3v) is 4.64. The van der Waals surface area contributed by atoms with E-state index in [1.807, 2.05) is 12.1 Å². The van der Waals surface area contributed by atoms with E-state index < -0.39 is 5.92 Å². The molecule has 1 atom stereocenters. The molecule has 8 nitrogen and oxygen atoms in total. The summed E-state index contributed by atoms with van der Waals surface area (Å²) in [6, 6.07) is 3.12. The topological polar surface area (TPSA) is 107 Å². The number of rotatable bonds is 6.